The number of nitrogens with zero attached hydrogens (tertiary/aromatic N) is 4. The lowest BCUT2D eigenvalue weighted by molar-refractivity contribution is -0.136. The Hall–Kier alpha value is -4.56. The Kier molecular flexibility index (Phi) is 9.63. The van der Waals surface area contributed by atoms with Crippen LogP contribution in [0, 0.1) is 18.3 Å². The first kappa shape index (κ1) is 31.9. The van der Waals surface area contributed by atoms with Gasteiger partial charge in [0.1, 0.15) is 11.8 Å². The van der Waals surface area contributed by atoms with Crippen LogP contribution < -0.4 is 5.32 Å². The van der Waals surface area contributed by atoms with Gasteiger partial charge in [0, 0.05) is 29.5 Å². The van der Waals surface area contributed by atoms with Crippen LogP contribution in [0.2, 0.25) is 5.02 Å². The molecule has 2 N–H and O–H groups in total. The van der Waals surface area contributed by atoms with E-state index in [9.17, 15) is 28.3 Å². The van der Waals surface area contributed by atoms with E-state index in [1.54, 1.807) is 12.2 Å². The molecule has 1 fully saturated rings. The number of carbonyl (C=O) groups is 1. The summed E-state index contributed by atoms with van der Waals surface area (Å²) in [5, 5.41) is 22.1. The van der Waals surface area contributed by atoms with Crippen LogP contribution in [0.3, 0.4) is 0 Å². The largest absolute Gasteiger partial charge is 0.419 e. The van der Waals surface area contributed by atoms with Crippen molar-refractivity contribution in [1.82, 2.24) is 14.9 Å². The van der Waals surface area contributed by atoms with Gasteiger partial charge in [-0.25, -0.2) is 0 Å². The average molecular weight is 632 g/mol. The van der Waals surface area contributed by atoms with Gasteiger partial charge in [0.15, 0.2) is 0 Å². The zero-order valence-electron chi connectivity index (χ0n) is 24.3. The van der Waals surface area contributed by atoms with E-state index in [2.05, 4.69) is 20.2 Å². The third-order valence-corrected chi connectivity index (χ3v) is 8.01. The first-order valence-corrected chi connectivity index (χ1v) is 14.6. The number of rotatable bonds is 8. The molecule has 0 aliphatic carbocycles. The minimum Gasteiger partial charge on any atom is -0.392 e. The highest BCUT2D eigenvalue weighted by molar-refractivity contribution is 6.32. The molecule has 7 nitrogen and oxygen atoms in total. The van der Waals surface area contributed by atoms with Crippen LogP contribution in [0.25, 0.3) is 23.3 Å². The molecule has 0 unspecified atom stereocenters. The summed E-state index contributed by atoms with van der Waals surface area (Å²) in [5.74, 6) is -0.861. The maximum atomic E-state index is 14.6. The van der Waals surface area contributed by atoms with Crippen LogP contribution in [-0.4, -0.2) is 39.0 Å². The number of nitrogens with one attached hydrogen (secondary N) is 1. The Morgan fingerprint density at radius 3 is 2.56 bits per heavy atom. The average Bonchev–Trinajstić information content (AvgIpc) is 3.54. The van der Waals surface area contributed by atoms with Crippen molar-refractivity contribution in [1.29, 1.82) is 5.26 Å². The number of aliphatic hydroxyl groups is 1. The van der Waals surface area contributed by atoms with Gasteiger partial charge in [0.25, 0.3) is 5.91 Å². The summed E-state index contributed by atoms with van der Waals surface area (Å²) < 4.78 is 43.7. The second kappa shape index (κ2) is 13.6. The van der Waals surface area contributed by atoms with Gasteiger partial charge in [-0.15, -0.1) is 0 Å². The zero-order valence-corrected chi connectivity index (χ0v) is 25.1. The molecule has 0 bridgehead atoms. The minimum absolute atomic E-state index is 0.00392. The van der Waals surface area contributed by atoms with Crippen molar-refractivity contribution in [3.63, 3.8) is 0 Å². The number of likely N-dealkylation sites (tertiary alicyclic amines) is 1. The van der Waals surface area contributed by atoms with E-state index in [4.69, 9.17) is 11.6 Å². The number of carbonyl (C=O) groups excluding carboxylic acids is 1. The summed E-state index contributed by atoms with van der Waals surface area (Å²) in [4.78, 5) is 23.4. The smallest absolute Gasteiger partial charge is 0.392 e. The van der Waals surface area contributed by atoms with Gasteiger partial charge in [0.05, 0.1) is 29.1 Å². The summed E-state index contributed by atoms with van der Waals surface area (Å²) in [7, 11) is 0. The Morgan fingerprint density at radius 1 is 1.11 bits per heavy atom. The van der Waals surface area contributed by atoms with Gasteiger partial charge in [-0.1, -0.05) is 41.9 Å². The topological polar surface area (TPSA) is 102 Å². The fourth-order valence-electron chi connectivity index (χ4n) is 5.36. The molecule has 0 spiro atoms. The number of pyridine rings is 2. The lowest BCUT2D eigenvalue weighted by atomic mass is 9.93. The van der Waals surface area contributed by atoms with Gasteiger partial charge in [-0.3, -0.25) is 19.7 Å². The van der Waals surface area contributed by atoms with Gasteiger partial charge in [-0.2, -0.15) is 18.4 Å². The molecule has 230 valence electrons. The Bertz CT molecular complexity index is 1790. The summed E-state index contributed by atoms with van der Waals surface area (Å²) in [6.07, 6.45) is 3.33. The molecule has 1 saturated heterocycles. The number of alkyl halides is 3. The lowest BCUT2D eigenvalue weighted by Gasteiger charge is -2.19. The van der Waals surface area contributed by atoms with Crippen LogP contribution in [0.5, 0.6) is 0 Å². The van der Waals surface area contributed by atoms with Gasteiger partial charge in [-0.05, 0) is 91.0 Å². The molecule has 0 atom stereocenters. The molecule has 1 aliphatic heterocycles. The number of benzene rings is 2. The molecule has 2 aromatic carbocycles. The second-order valence-electron chi connectivity index (χ2n) is 10.7. The van der Waals surface area contributed by atoms with E-state index in [-0.39, 0.29) is 34.7 Å². The van der Waals surface area contributed by atoms with Crippen LogP contribution in [0.4, 0.5) is 18.9 Å². The summed E-state index contributed by atoms with van der Waals surface area (Å²) in [5.41, 5.74) is 1.40. The molecule has 3 heterocycles. The third kappa shape index (κ3) is 7.23. The number of anilines is 1. The number of hydrogen-bond acceptors (Lipinski definition) is 6. The maximum absolute atomic E-state index is 14.6. The van der Waals surface area contributed by atoms with E-state index >= 15 is 0 Å². The summed E-state index contributed by atoms with van der Waals surface area (Å²) in [6.45, 7) is 4.63. The van der Waals surface area contributed by atoms with Gasteiger partial charge >= 0.3 is 6.18 Å². The first-order chi connectivity index (χ1) is 21.6. The number of amides is 1. The second-order valence-corrected chi connectivity index (χ2v) is 11.1. The van der Waals surface area contributed by atoms with E-state index in [1.807, 2.05) is 25.1 Å². The number of aryl methyl sites for hydroxylation is 1. The Balaban J connectivity index is 1.49. The molecule has 0 radical (unpaired) electrons. The highest BCUT2D eigenvalue weighted by Crippen LogP contribution is 2.43. The van der Waals surface area contributed by atoms with Crippen molar-refractivity contribution in [2.75, 3.05) is 18.4 Å². The zero-order chi connectivity index (χ0) is 32.1. The van der Waals surface area contributed by atoms with Gasteiger partial charge < -0.3 is 10.4 Å². The van der Waals surface area contributed by atoms with Crippen molar-refractivity contribution in [2.45, 2.75) is 39.1 Å². The monoisotopic (exact) mass is 631 g/mol. The molecule has 0 saturated carbocycles. The number of aromatic nitrogens is 2. The molecule has 11 heteroatoms. The number of nitriles is 1. The molecule has 4 aromatic rings. The van der Waals surface area contributed by atoms with Crippen molar-refractivity contribution in [3.8, 4) is 17.2 Å². The van der Waals surface area contributed by atoms with Crippen LogP contribution in [-0.2, 0) is 19.3 Å². The fourth-order valence-corrected chi connectivity index (χ4v) is 5.61. The minimum atomic E-state index is -4.89. The molecule has 1 aliphatic rings. The molecular weight excluding hydrogens is 603 g/mol. The van der Waals surface area contributed by atoms with Crippen LogP contribution in [0.15, 0.2) is 60.9 Å². The molecule has 45 heavy (non-hydrogen) atoms. The molecular formula is C34H29ClF3N5O2. The van der Waals surface area contributed by atoms with Crippen molar-refractivity contribution in [2.24, 2.45) is 0 Å². The highest BCUT2D eigenvalue weighted by Gasteiger charge is 2.38. The van der Waals surface area contributed by atoms with E-state index in [0.717, 1.165) is 36.8 Å². The standard InChI is InChI=1S/C34H29ClF3N5O2/c1-21-15-23(28(35)16-24(21)19-43-13-2-3-14-43)8-10-29-27(17-39)25(11-12-40-29)26-5-4-6-30(32(26)34(36,37)38)42-33(45)31-9-7-22(20-44)18-41-31/h4-12,15-16,18,44H,2-3,13-14,19-20H2,1H3,(H,42,45)/b10-8+. The SMILES string of the molecule is Cc1cc(/C=C/c2nccc(-c3cccc(NC(=O)c4ccc(CO)cn4)c3C(F)(F)F)c2C#N)c(Cl)cc1CN1CCCC1. The van der Waals surface area contributed by atoms with Gasteiger partial charge in [0.2, 0.25) is 0 Å². The molecule has 2 aromatic heterocycles. The van der Waals surface area contributed by atoms with Crippen molar-refractivity contribution in [3.05, 3.63) is 111 Å². The molecule has 1 amide bonds. The Morgan fingerprint density at radius 2 is 1.89 bits per heavy atom. The van der Waals surface area contributed by atoms with Crippen molar-refractivity contribution < 1.29 is 23.1 Å². The quantitative estimate of drug-likeness (QED) is 0.209. The summed E-state index contributed by atoms with van der Waals surface area (Å²) >= 11 is 6.61. The Labute approximate surface area is 263 Å². The van der Waals surface area contributed by atoms with E-state index in [1.165, 1.54) is 55.6 Å². The number of hydrogen-bond donors (Lipinski definition) is 2. The van der Waals surface area contributed by atoms with Crippen LogP contribution >= 0.6 is 11.6 Å². The third-order valence-electron chi connectivity index (χ3n) is 7.69. The predicted molar refractivity (Wildman–Crippen MR) is 167 cm³/mol. The number of halogens is 4. The van der Waals surface area contributed by atoms with E-state index < -0.39 is 23.3 Å². The van der Waals surface area contributed by atoms with E-state index in [0.29, 0.717) is 16.1 Å². The fraction of sp³-hybridized carbons (Fsp3) is 0.235. The lowest BCUT2D eigenvalue weighted by Crippen LogP contribution is -2.19. The van der Waals surface area contributed by atoms with Crippen molar-refractivity contribution >= 4 is 35.3 Å². The molecule has 5 rings (SSSR count). The van der Waals surface area contributed by atoms with Crippen LogP contribution in [0.1, 0.15) is 62.4 Å². The highest BCUT2D eigenvalue weighted by atomic mass is 35.5. The predicted octanol–water partition coefficient (Wildman–Crippen LogP) is 7.51. The maximum Gasteiger partial charge on any atom is 0.419 e. The summed E-state index contributed by atoms with van der Waals surface area (Å²) in [6, 6.07) is 13.7. The normalized spacial score (nSPS) is 13.7. The number of aliphatic hydroxyl groups excluding tert-OH is 1. The first-order valence-electron chi connectivity index (χ1n) is 14.3.